The average Bonchev–Trinajstić information content (AvgIpc) is 2.39. The number of rotatable bonds is 8. The van der Waals surface area contributed by atoms with Gasteiger partial charge in [-0.15, -0.1) is 0 Å². The summed E-state index contributed by atoms with van der Waals surface area (Å²) in [7, 11) is 0. The molecule has 1 aromatic carbocycles. The highest BCUT2D eigenvalue weighted by Crippen LogP contribution is 2.15. The molecule has 0 saturated carbocycles. The first kappa shape index (κ1) is 15.1. The van der Waals surface area contributed by atoms with E-state index < -0.39 is 5.97 Å². The van der Waals surface area contributed by atoms with Crippen LogP contribution in [0.1, 0.15) is 19.4 Å². The number of carboxylic acid groups (broad SMARTS) is 1. The Morgan fingerprint density at radius 1 is 1.28 bits per heavy atom. The van der Waals surface area contributed by atoms with Crippen molar-refractivity contribution in [2.45, 2.75) is 25.6 Å². The van der Waals surface area contributed by atoms with Crippen molar-refractivity contribution in [3.8, 4) is 0 Å². The maximum absolute atomic E-state index is 11.2. The molecule has 4 heteroatoms. The summed E-state index contributed by atoms with van der Waals surface area (Å²) in [4.78, 5) is 13.2. The third kappa shape index (κ3) is 4.70. The molecule has 0 aliphatic carbocycles. The zero-order valence-electron chi connectivity index (χ0n) is 11.0. The zero-order valence-corrected chi connectivity index (χ0v) is 11.8. The van der Waals surface area contributed by atoms with Crippen LogP contribution in [0.15, 0.2) is 30.3 Å². The fourth-order valence-corrected chi connectivity index (χ4v) is 2.98. The number of carbonyl (C=O) groups is 1. The topological polar surface area (TPSA) is 40.5 Å². The van der Waals surface area contributed by atoms with Gasteiger partial charge in [-0.3, -0.25) is 9.69 Å². The monoisotopic (exact) mass is 267 g/mol. The molecule has 100 valence electrons. The van der Waals surface area contributed by atoms with Crippen molar-refractivity contribution < 1.29 is 9.90 Å². The molecule has 0 unspecified atom stereocenters. The van der Waals surface area contributed by atoms with Crippen LogP contribution in [0.3, 0.4) is 0 Å². The minimum atomic E-state index is -0.723. The van der Waals surface area contributed by atoms with Gasteiger partial charge in [0, 0.05) is 11.5 Å². The molecule has 1 rings (SSSR count). The van der Waals surface area contributed by atoms with E-state index in [1.54, 1.807) is 11.8 Å². The van der Waals surface area contributed by atoms with Crippen LogP contribution in [-0.4, -0.2) is 40.9 Å². The Balaban J connectivity index is 2.45. The van der Waals surface area contributed by atoms with Crippen LogP contribution < -0.4 is 0 Å². The first-order chi connectivity index (χ1) is 8.69. The van der Waals surface area contributed by atoms with Gasteiger partial charge in [0.2, 0.25) is 0 Å². The molecule has 3 nitrogen and oxygen atoms in total. The predicted molar refractivity (Wildman–Crippen MR) is 76.9 cm³/mol. The second kappa shape index (κ2) is 8.16. The number of carboxylic acids is 1. The summed E-state index contributed by atoms with van der Waals surface area (Å²) in [5, 5.41) is 9.25. The first-order valence-corrected chi connectivity index (χ1v) is 7.43. The van der Waals surface area contributed by atoms with Gasteiger partial charge in [-0.2, -0.15) is 11.8 Å². The summed E-state index contributed by atoms with van der Waals surface area (Å²) in [5.74, 6) is 0.775. The van der Waals surface area contributed by atoms with E-state index in [0.29, 0.717) is 5.75 Å². The van der Waals surface area contributed by atoms with Crippen LogP contribution in [0.25, 0.3) is 0 Å². The lowest BCUT2D eigenvalue weighted by molar-refractivity contribution is -0.142. The van der Waals surface area contributed by atoms with Gasteiger partial charge in [-0.25, -0.2) is 0 Å². The summed E-state index contributed by atoms with van der Waals surface area (Å²) < 4.78 is 0. The molecule has 0 bridgehead atoms. The number of aliphatic carboxylic acids is 1. The van der Waals surface area contributed by atoms with Crippen molar-refractivity contribution in [2.24, 2.45) is 0 Å². The van der Waals surface area contributed by atoms with E-state index in [2.05, 4.69) is 12.1 Å². The van der Waals surface area contributed by atoms with Crippen molar-refractivity contribution in [1.29, 1.82) is 0 Å². The number of thioether (sulfide) groups is 1. The predicted octanol–water partition coefficient (Wildman–Crippen LogP) is 2.71. The normalized spacial score (nSPS) is 12.6. The van der Waals surface area contributed by atoms with Gasteiger partial charge >= 0.3 is 5.97 Å². The van der Waals surface area contributed by atoms with Crippen LogP contribution in [0.2, 0.25) is 0 Å². The second-order valence-electron chi connectivity index (χ2n) is 4.08. The van der Waals surface area contributed by atoms with Gasteiger partial charge < -0.3 is 5.11 Å². The standard InChI is InChI=1S/C14H21NO2S/c1-3-15(4-2)13(14(16)17)11-18-10-12-8-6-5-7-9-12/h5-9,13H,3-4,10-11H2,1-2H3,(H,16,17)/t13-/m0/s1. The molecule has 1 N–H and O–H groups in total. The SMILES string of the molecule is CCN(CC)[C@@H](CSCc1ccccc1)C(=O)O. The molecule has 0 saturated heterocycles. The maximum atomic E-state index is 11.2. The lowest BCUT2D eigenvalue weighted by Crippen LogP contribution is -2.42. The third-order valence-corrected chi connectivity index (χ3v) is 4.01. The van der Waals surface area contributed by atoms with Crippen molar-refractivity contribution in [1.82, 2.24) is 4.90 Å². The first-order valence-electron chi connectivity index (χ1n) is 6.27. The highest BCUT2D eigenvalue weighted by molar-refractivity contribution is 7.98. The Morgan fingerprint density at radius 2 is 1.89 bits per heavy atom. The summed E-state index contributed by atoms with van der Waals surface area (Å²) in [5.41, 5.74) is 1.24. The van der Waals surface area contributed by atoms with Gasteiger partial charge in [0.15, 0.2) is 0 Å². The largest absolute Gasteiger partial charge is 0.480 e. The quantitative estimate of drug-likeness (QED) is 0.786. The molecule has 0 heterocycles. The van der Waals surface area contributed by atoms with Gasteiger partial charge in [-0.1, -0.05) is 44.2 Å². The minimum absolute atomic E-state index is 0.381. The third-order valence-electron chi connectivity index (χ3n) is 2.93. The van der Waals surface area contributed by atoms with Crippen molar-refractivity contribution >= 4 is 17.7 Å². The molecular weight excluding hydrogens is 246 g/mol. The number of benzene rings is 1. The van der Waals surface area contributed by atoms with Crippen LogP contribution in [0, 0.1) is 0 Å². The summed E-state index contributed by atoms with van der Waals surface area (Å²) in [6.45, 7) is 5.56. The molecule has 1 atom stereocenters. The summed E-state index contributed by atoms with van der Waals surface area (Å²) >= 11 is 1.68. The smallest absolute Gasteiger partial charge is 0.321 e. The van der Waals surface area contributed by atoms with Crippen LogP contribution in [-0.2, 0) is 10.5 Å². The van der Waals surface area contributed by atoms with Gasteiger partial charge in [0.1, 0.15) is 6.04 Å². The summed E-state index contributed by atoms with van der Waals surface area (Å²) in [6.07, 6.45) is 0. The Morgan fingerprint density at radius 3 is 2.39 bits per heavy atom. The molecule has 0 aromatic heterocycles. The van der Waals surface area contributed by atoms with E-state index in [4.69, 9.17) is 0 Å². The molecular formula is C14H21NO2S. The Kier molecular flexibility index (Phi) is 6.83. The minimum Gasteiger partial charge on any atom is -0.480 e. The van der Waals surface area contributed by atoms with Crippen molar-refractivity contribution in [2.75, 3.05) is 18.8 Å². The molecule has 0 aliphatic rings. The van der Waals surface area contributed by atoms with Crippen molar-refractivity contribution in [3.05, 3.63) is 35.9 Å². The highest BCUT2D eigenvalue weighted by atomic mass is 32.2. The van der Waals surface area contributed by atoms with Gasteiger partial charge in [-0.05, 0) is 18.7 Å². The van der Waals surface area contributed by atoms with Crippen LogP contribution in [0.4, 0.5) is 0 Å². The number of nitrogens with zero attached hydrogens (tertiary/aromatic N) is 1. The fourth-order valence-electron chi connectivity index (χ4n) is 1.86. The average molecular weight is 267 g/mol. The number of hydrogen-bond donors (Lipinski definition) is 1. The highest BCUT2D eigenvalue weighted by Gasteiger charge is 2.22. The molecule has 0 fully saturated rings. The Hall–Kier alpha value is -1.00. The lowest BCUT2D eigenvalue weighted by atomic mass is 10.2. The molecule has 18 heavy (non-hydrogen) atoms. The van der Waals surface area contributed by atoms with E-state index in [1.165, 1.54) is 5.56 Å². The molecule has 0 amide bonds. The van der Waals surface area contributed by atoms with Crippen LogP contribution in [0.5, 0.6) is 0 Å². The van der Waals surface area contributed by atoms with Crippen LogP contribution >= 0.6 is 11.8 Å². The molecule has 0 radical (unpaired) electrons. The van der Waals surface area contributed by atoms with E-state index in [1.807, 2.05) is 36.9 Å². The lowest BCUT2D eigenvalue weighted by Gasteiger charge is -2.25. The second-order valence-corrected chi connectivity index (χ2v) is 5.11. The van der Waals surface area contributed by atoms with Crippen molar-refractivity contribution in [3.63, 3.8) is 0 Å². The fraction of sp³-hybridized carbons (Fsp3) is 0.500. The maximum Gasteiger partial charge on any atom is 0.321 e. The number of likely N-dealkylation sites (N-methyl/N-ethyl adjacent to an activating group) is 1. The van der Waals surface area contributed by atoms with E-state index >= 15 is 0 Å². The Bertz CT molecular complexity index is 352. The van der Waals surface area contributed by atoms with E-state index in [0.717, 1.165) is 18.8 Å². The van der Waals surface area contributed by atoms with E-state index in [-0.39, 0.29) is 6.04 Å². The van der Waals surface area contributed by atoms with Gasteiger partial charge in [0.25, 0.3) is 0 Å². The Labute approximate surface area is 113 Å². The molecule has 0 aliphatic heterocycles. The van der Waals surface area contributed by atoms with Gasteiger partial charge in [0.05, 0.1) is 0 Å². The number of hydrogen-bond acceptors (Lipinski definition) is 3. The van der Waals surface area contributed by atoms with E-state index in [9.17, 15) is 9.90 Å². The molecule has 0 spiro atoms. The molecule has 1 aromatic rings. The summed E-state index contributed by atoms with van der Waals surface area (Å²) in [6, 6.07) is 9.77. The zero-order chi connectivity index (χ0) is 13.4.